The molecule has 0 radical (unpaired) electrons. The lowest BCUT2D eigenvalue weighted by atomic mass is 10.0. The molecule has 1 aromatic heterocycles. The highest BCUT2D eigenvalue weighted by molar-refractivity contribution is 7.11. The van der Waals surface area contributed by atoms with Crippen molar-refractivity contribution < 1.29 is 32.6 Å². The summed E-state index contributed by atoms with van der Waals surface area (Å²) in [5.74, 6) is -4.90. The molecule has 0 aliphatic carbocycles. The van der Waals surface area contributed by atoms with Crippen LogP contribution in [0.25, 0.3) is 0 Å². The van der Waals surface area contributed by atoms with E-state index in [-0.39, 0.29) is 34.7 Å². The van der Waals surface area contributed by atoms with Crippen molar-refractivity contribution in [1.82, 2.24) is 14.6 Å². The first kappa shape index (κ1) is 27.7. The molecule has 36 heavy (non-hydrogen) atoms. The number of hydrogen-bond donors (Lipinski definition) is 4. The van der Waals surface area contributed by atoms with Crippen molar-refractivity contribution in [3.63, 3.8) is 0 Å². The van der Waals surface area contributed by atoms with Crippen molar-refractivity contribution in [3.8, 4) is 5.88 Å². The molecule has 9 nitrogen and oxygen atoms in total. The number of piperidine rings is 1. The van der Waals surface area contributed by atoms with E-state index in [1.54, 1.807) is 0 Å². The number of unbranched alkanes of at least 4 members (excludes halogenated alkanes) is 1. The highest BCUT2D eigenvalue weighted by Gasteiger charge is 2.24. The van der Waals surface area contributed by atoms with Crippen LogP contribution >= 0.6 is 11.5 Å². The molecule has 1 aliphatic heterocycles. The number of aliphatic hydroxyl groups is 1. The van der Waals surface area contributed by atoms with Gasteiger partial charge in [0.05, 0.1) is 12.2 Å². The number of halogens is 3. The number of ether oxygens (including phenoxy) is 1. The van der Waals surface area contributed by atoms with Crippen molar-refractivity contribution in [1.29, 1.82) is 0 Å². The average Bonchev–Trinajstić information content (AvgIpc) is 3.25. The van der Waals surface area contributed by atoms with Crippen molar-refractivity contribution in [2.75, 3.05) is 31.6 Å². The minimum Gasteiger partial charge on any atom is -0.471 e. The molecule has 0 bridgehead atoms. The summed E-state index contributed by atoms with van der Waals surface area (Å²) < 4.78 is 51.1. The van der Waals surface area contributed by atoms with Crippen LogP contribution in [0, 0.1) is 24.4 Å². The van der Waals surface area contributed by atoms with Crippen LogP contribution in [-0.4, -0.2) is 58.6 Å². The first-order chi connectivity index (χ1) is 17.2. The molecule has 3 amide bonds. The number of hydrogen-bond acceptors (Lipinski definition) is 7. The highest BCUT2D eigenvalue weighted by Crippen LogP contribution is 2.31. The maximum Gasteiger partial charge on any atom is 0.319 e. The molecule has 13 heteroatoms. The van der Waals surface area contributed by atoms with Gasteiger partial charge in [-0.2, -0.15) is 4.37 Å². The van der Waals surface area contributed by atoms with Gasteiger partial charge in [0.15, 0.2) is 11.6 Å². The van der Waals surface area contributed by atoms with E-state index in [1.807, 2.05) is 0 Å². The number of carbonyl (C=O) groups excluding carboxylic acids is 2. The van der Waals surface area contributed by atoms with Crippen LogP contribution in [0.3, 0.4) is 0 Å². The van der Waals surface area contributed by atoms with Gasteiger partial charge < -0.3 is 20.9 Å². The maximum absolute atomic E-state index is 14.1. The van der Waals surface area contributed by atoms with Gasteiger partial charge in [-0.15, -0.1) is 0 Å². The Hall–Kier alpha value is -2.90. The Kier molecular flexibility index (Phi) is 9.90. The van der Waals surface area contributed by atoms with Gasteiger partial charge >= 0.3 is 6.03 Å². The minimum absolute atomic E-state index is 0.00475. The summed E-state index contributed by atoms with van der Waals surface area (Å²) in [5, 5.41) is 14.6. The molecule has 0 saturated carbocycles. The number of aryl methyl sites for hydroxylation is 1. The van der Waals surface area contributed by atoms with Crippen LogP contribution in [0.2, 0.25) is 0 Å². The fourth-order valence-corrected chi connectivity index (χ4v) is 4.79. The topological polar surface area (TPSA) is 130 Å². The van der Waals surface area contributed by atoms with Crippen molar-refractivity contribution in [3.05, 3.63) is 40.2 Å². The van der Waals surface area contributed by atoms with Gasteiger partial charge in [-0.05, 0) is 68.9 Å². The van der Waals surface area contributed by atoms with Crippen molar-refractivity contribution >= 4 is 28.5 Å². The summed E-state index contributed by atoms with van der Waals surface area (Å²) in [6.45, 7) is 2.82. The van der Waals surface area contributed by atoms with E-state index in [0.29, 0.717) is 24.5 Å². The van der Waals surface area contributed by atoms with Crippen LogP contribution < -0.4 is 21.1 Å². The van der Waals surface area contributed by atoms with Gasteiger partial charge in [0.1, 0.15) is 23.0 Å². The van der Waals surface area contributed by atoms with Gasteiger partial charge in [-0.25, -0.2) is 18.0 Å². The molecule has 1 aliphatic rings. The number of aromatic nitrogens is 1. The summed E-state index contributed by atoms with van der Waals surface area (Å²) in [6, 6.07) is 0.446. The standard InChI is InChI=1S/C23H30F3N5O4S/c1-13-10-16(24)15(19(26)18(13)25)12-35-21-17(20(27)33)22(36-30-21)29-23(34)28-7-3-5-9-31-8-4-2-6-14(31)11-32/h10,14,32H,2-9,11-12H2,1H3,(H2,27,33)(H2,28,29,34). The molecule has 5 N–H and O–H groups in total. The largest absolute Gasteiger partial charge is 0.471 e. The van der Waals surface area contributed by atoms with Gasteiger partial charge in [0.25, 0.3) is 5.91 Å². The number of nitrogens with one attached hydrogen (secondary N) is 2. The molecule has 3 rings (SSSR count). The lowest BCUT2D eigenvalue weighted by Crippen LogP contribution is -2.42. The number of benzene rings is 1. The quantitative estimate of drug-likeness (QED) is 0.261. The summed E-state index contributed by atoms with van der Waals surface area (Å²) in [4.78, 5) is 26.5. The number of anilines is 1. The summed E-state index contributed by atoms with van der Waals surface area (Å²) in [7, 11) is 0. The lowest BCUT2D eigenvalue weighted by Gasteiger charge is -2.34. The molecule has 1 fully saturated rings. The molecular weight excluding hydrogens is 499 g/mol. The zero-order valence-corrected chi connectivity index (χ0v) is 20.7. The zero-order chi connectivity index (χ0) is 26.2. The van der Waals surface area contributed by atoms with E-state index < -0.39 is 41.6 Å². The first-order valence-electron chi connectivity index (χ1n) is 11.7. The first-order valence-corrected chi connectivity index (χ1v) is 12.4. The van der Waals surface area contributed by atoms with Gasteiger partial charge in [-0.3, -0.25) is 15.0 Å². The second-order valence-corrected chi connectivity index (χ2v) is 9.36. The molecule has 1 aromatic carbocycles. The maximum atomic E-state index is 14.1. The van der Waals surface area contributed by atoms with E-state index >= 15 is 0 Å². The fraction of sp³-hybridized carbons (Fsp3) is 0.522. The van der Waals surface area contributed by atoms with Crippen molar-refractivity contribution in [2.45, 2.75) is 51.7 Å². The van der Waals surface area contributed by atoms with E-state index in [9.17, 15) is 27.9 Å². The number of nitrogens with zero attached hydrogens (tertiary/aromatic N) is 2. The minimum atomic E-state index is -1.40. The van der Waals surface area contributed by atoms with E-state index in [1.165, 1.54) is 6.92 Å². The molecule has 0 spiro atoms. The molecule has 198 valence electrons. The number of rotatable bonds is 11. The van der Waals surface area contributed by atoms with Crippen molar-refractivity contribution in [2.24, 2.45) is 5.73 Å². The smallest absolute Gasteiger partial charge is 0.319 e. The Morgan fingerprint density at radius 3 is 2.78 bits per heavy atom. The number of carbonyl (C=O) groups is 2. The number of amides is 3. The number of urea groups is 1. The van der Waals surface area contributed by atoms with Crippen LogP contribution in [0.4, 0.5) is 23.0 Å². The second kappa shape index (κ2) is 12.9. The Morgan fingerprint density at radius 2 is 2.06 bits per heavy atom. The zero-order valence-electron chi connectivity index (χ0n) is 19.9. The second-order valence-electron chi connectivity index (χ2n) is 8.58. The van der Waals surface area contributed by atoms with Gasteiger partial charge in [0.2, 0.25) is 5.88 Å². The monoisotopic (exact) mass is 529 g/mol. The van der Waals surface area contributed by atoms with Gasteiger partial charge in [0, 0.05) is 12.6 Å². The predicted octanol–water partition coefficient (Wildman–Crippen LogP) is 3.30. The van der Waals surface area contributed by atoms with Gasteiger partial charge in [-0.1, -0.05) is 6.42 Å². The molecular formula is C23H30F3N5O4S. The molecule has 1 saturated heterocycles. The molecule has 2 aromatic rings. The number of primary amides is 1. The SMILES string of the molecule is Cc1cc(F)c(COc2nsc(NC(=O)NCCCCN3CCCCC3CO)c2C(N)=O)c(F)c1F. The van der Waals surface area contributed by atoms with Crippen LogP contribution in [0.5, 0.6) is 5.88 Å². The molecule has 1 unspecified atom stereocenters. The number of aliphatic hydroxyl groups excluding tert-OH is 1. The highest BCUT2D eigenvalue weighted by atomic mass is 32.1. The Balaban J connectivity index is 1.51. The third kappa shape index (κ3) is 6.86. The summed E-state index contributed by atoms with van der Waals surface area (Å²) >= 11 is 0.707. The third-order valence-electron chi connectivity index (χ3n) is 6.04. The van der Waals surface area contributed by atoms with E-state index in [0.717, 1.165) is 44.8 Å². The predicted molar refractivity (Wildman–Crippen MR) is 129 cm³/mol. The van der Waals surface area contributed by atoms with Crippen LogP contribution in [0.1, 0.15) is 53.6 Å². The normalized spacial score (nSPS) is 16.1. The molecule has 2 heterocycles. The number of likely N-dealkylation sites (tertiary alicyclic amines) is 1. The fourth-order valence-electron chi connectivity index (χ4n) is 4.05. The van der Waals surface area contributed by atoms with E-state index in [4.69, 9.17) is 10.5 Å². The lowest BCUT2D eigenvalue weighted by molar-refractivity contribution is 0.0888. The van der Waals surface area contributed by atoms with Crippen LogP contribution in [-0.2, 0) is 6.61 Å². The molecule has 1 atom stereocenters. The Bertz CT molecular complexity index is 1080. The Morgan fingerprint density at radius 1 is 1.28 bits per heavy atom. The van der Waals surface area contributed by atoms with Crippen LogP contribution in [0.15, 0.2) is 6.07 Å². The average molecular weight is 530 g/mol. The summed E-state index contributed by atoms with van der Waals surface area (Å²) in [6.07, 6.45) is 4.79. The summed E-state index contributed by atoms with van der Waals surface area (Å²) in [5.41, 5.74) is 4.27. The number of nitrogens with two attached hydrogens (primary N) is 1. The Labute approximate surface area is 211 Å². The van der Waals surface area contributed by atoms with E-state index in [2.05, 4.69) is 19.9 Å². The third-order valence-corrected chi connectivity index (χ3v) is 6.79.